The van der Waals surface area contributed by atoms with Crippen LogP contribution in [0.5, 0.6) is 11.5 Å². The number of anilines is 2. The predicted molar refractivity (Wildman–Crippen MR) is 134 cm³/mol. The lowest BCUT2D eigenvalue weighted by Crippen LogP contribution is -2.49. The highest BCUT2D eigenvalue weighted by Gasteiger charge is 2.27. The number of carbonyl (C=O) groups is 2. The van der Waals surface area contributed by atoms with E-state index in [2.05, 4.69) is 57.6 Å². The average molecular weight is 480 g/mol. The van der Waals surface area contributed by atoms with Crippen molar-refractivity contribution in [1.82, 2.24) is 15.1 Å². The van der Waals surface area contributed by atoms with Gasteiger partial charge in [-0.2, -0.15) is 0 Å². The van der Waals surface area contributed by atoms with Crippen LogP contribution < -0.4 is 25.0 Å². The average Bonchev–Trinajstić information content (AvgIpc) is 3.25. The maximum absolute atomic E-state index is 12.7. The summed E-state index contributed by atoms with van der Waals surface area (Å²) in [7, 11) is 4.24. The first-order chi connectivity index (χ1) is 17.0. The summed E-state index contributed by atoms with van der Waals surface area (Å²) >= 11 is 0. The van der Waals surface area contributed by atoms with Gasteiger partial charge in [0, 0.05) is 63.8 Å². The highest BCUT2D eigenvalue weighted by molar-refractivity contribution is 6.39. The molecule has 2 aromatic rings. The zero-order valence-corrected chi connectivity index (χ0v) is 20.4. The van der Waals surface area contributed by atoms with Gasteiger partial charge in [0.2, 0.25) is 0 Å². The summed E-state index contributed by atoms with van der Waals surface area (Å²) in [4.78, 5) is 32.3. The minimum atomic E-state index is -0.700. The van der Waals surface area contributed by atoms with Crippen LogP contribution in [0.25, 0.3) is 0 Å². The van der Waals surface area contributed by atoms with Crippen molar-refractivity contribution in [3.63, 3.8) is 0 Å². The topological polar surface area (TPSA) is 86.4 Å². The van der Waals surface area contributed by atoms with Gasteiger partial charge in [-0.1, -0.05) is 12.1 Å². The normalized spacial score (nSPS) is 18.6. The summed E-state index contributed by atoms with van der Waals surface area (Å²) in [5, 5.41) is 5.54. The van der Waals surface area contributed by atoms with Crippen molar-refractivity contribution in [3.8, 4) is 11.5 Å². The number of piperazine rings is 1. The molecule has 1 atom stereocenters. The van der Waals surface area contributed by atoms with Gasteiger partial charge >= 0.3 is 11.8 Å². The summed E-state index contributed by atoms with van der Waals surface area (Å²) in [6, 6.07) is 11.7. The van der Waals surface area contributed by atoms with E-state index in [4.69, 9.17) is 9.47 Å². The van der Waals surface area contributed by atoms with Gasteiger partial charge in [-0.15, -0.1) is 0 Å². The molecule has 5 rings (SSSR count). The van der Waals surface area contributed by atoms with E-state index in [1.54, 1.807) is 18.2 Å². The summed E-state index contributed by atoms with van der Waals surface area (Å²) in [5.74, 6) is -0.157. The molecule has 3 aliphatic heterocycles. The van der Waals surface area contributed by atoms with Crippen molar-refractivity contribution in [2.45, 2.75) is 12.5 Å². The van der Waals surface area contributed by atoms with E-state index in [1.807, 2.05) is 0 Å². The van der Waals surface area contributed by atoms with Crippen LogP contribution in [0.2, 0.25) is 0 Å². The minimum Gasteiger partial charge on any atom is -0.486 e. The largest absolute Gasteiger partial charge is 0.486 e. The van der Waals surface area contributed by atoms with E-state index >= 15 is 0 Å². The molecule has 35 heavy (non-hydrogen) atoms. The molecule has 0 bridgehead atoms. The van der Waals surface area contributed by atoms with Gasteiger partial charge in [-0.3, -0.25) is 14.5 Å². The molecule has 0 unspecified atom stereocenters. The molecule has 0 aromatic heterocycles. The quantitative estimate of drug-likeness (QED) is 0.629. The molecule has 3 heterocycles. The molecule has 0 spiro atoms. The molecule has 2 N–H and O–H groups in total. The second-order valence-electron chi connectivity index (χ2n) is 9.44. The van der Waals surface area contributed by atoms with Crippen molar-refractivity contribution in [2.75, 3.05) is 76.8 Å². The van der Waals surface area contributed by atoms with Gasteiger partial charge in [-0.25, -0.2) is 0 Å². The van der Waals surface area contributed by atoms with Crippen molar-refractivity contribution >= 4 is 23.2 Å². The molecule has 3 aliphatic rings. The lowest BCUT2D eigenvalue weighted by Gasteiger charge is -2.38. The van der Waals surface area contributed by atoms with E-state index in [0.29, 0.717) is 36.9 Å². The molecule has 0 aliphatic carbocycles. The van der Waals surface area contributed by atoms with Crippen LogP contribution in [0.1, 0.15) is 17.2 Å². The third-order valence-electron chi connectivity index (χ3n) is 7.06. The molecule has 2 aromatic carbocycles. The van der Waals surface area contributed by atoms with Gasteiger partial charge in [0.05, 0.1) is 6.04 Å². The Morgan fingerprint density at radius 1 is 0.914 bits per heavy atom. The van der Waals surface area contributed by atoms with Gasteiger partial charge in [0.1, 0.15) is 13.2 Å². The first-order valence-electron chi connectivity index (χ1n) is 12.2. The Labute approximate surface area is 206 Å². The van der Waals surface area contributed by atoms with Gasteiger partial charge in [0.15, 0.2) is 11.5 Å². The maximum Gasteiger partial charge on any atom is 0.313 e. The lowest BCUT2D eigenvalue weighted by atomic mass is 10.00. The third-order valence-corrected chi connectivity index (χ3v) is 7.06. The van der Waals surface area contributed by atoms with E-state index < -0.39 is 11.8 Å². The lowest BCUT2D eigenvalue weighted by molar-refractivity contribution is -0.136. The number of nitrogens with zero attached hydrogens (tertiary/aromatic N) is 3. The highest BCUT2D eigenvalue weighted by Crippen LogP contribution is 2.33. The second-order valence-corrected chi connectivity index (χ2v) is 9.44. The first kappa shape index (κ1) is 23.4. The number of amides is 2. The van der Waals surface area contributed by atoms with Crippen LogP contribution >= 0.6 is 0 Å². The highest BCUT2D eigenvalue weighted by atomic mass is 16.6. The third kappa shape index (κ3) is 5.21. The number of rotatable bonds is 5. The van der Waals surface area contributed by atoms with Crippen molar-refractivity contribution in [1.29, 1.82) is 0 Å². The monoisotopic (exact) mass is 479 g/mol. The smallest absolute Gasteiger partial charge is 0.313 e. The Kier molecular flexibility index (Phi) is 6.79. The Hall–Kier alpha value is -3.30. The predicted octanol–water partition coefficient (Wildman–Crippen LogP) is 1.49. The fourth-order valence-electron chi connectivity index (χ4n) is 4.96. The molecular formula is C26H33N5O4. The van der Waals surface area contributed by atoms with Crippen LogP contribution in [0.15, 0.2) is 36.4 Å². The number of ether oxygens (including phenoxy) is 2. The van der Waals surface area contributed by atoms with Gasteiger partial charge < -0.3 is 29.9 Å². The Morgan fingerprint density at radius 2 is 1.69 bits per heavy atom. The molecule has 1 saturated heterocycles. The Balaban J connectivity index is 1.26. The Bertz CT molecular complexity index is 1100. The zero-order valence-electron chi connectivity index (χ0n) is 20.4. The number of fused-ring (bicyclic) bond motifs is 2. The van der Waals surface area contributed by atoms with E-state index in [0.717, 1.165) is 39.1 Å². The maximum atomic E-state index is 12.7. The first-order valence-corrected chi connectivity index (χ1v) is 12.2. The van der Waals surface area contributed by atoms with Crippen LogP contribution in [0.3, 0.4) is 0 Å². The molecule has 0 saturated carbocycles. The van der Waals surface area contributed by atoms with E-state index in [9.17, 15) is 9.59 Å². The van der Waals surface area contributed by atoms with Gasteiger partial charge in [-0.05, 0) is 42.8 Å². The number of hydrogen-bond acceptors (Lipinski definition) is 7. The molecule has 186 valence electrons. The number of likely N-dealkylation sites (N-methyl/N-ethyl adjacent to an activating group) is 2. The standard InChI is InChI=1S/C26H33N5O4/c1-29-9-11-31(12-10-29)22(18-3-5-21-19(15-18)7-8-30(21)2)17-27-25(32)26(33)28-20-4-6-23-24(16-20)35-14-13-34-23/h3-6,15-16,22H,7-14,17H2,1-2H3,(H,27,32)(H,28,33)/t22-/m1/s1. The van der Waals surface area contributed by atoms with Gasteiger partial charge in [0.25, 0.3) is 0 Å². The zero-order chi connectivity index (χ0) is 24.4. The van der Waals surface area contributed by atoms with Crippen LogP contribution in [-0.4, -0.2) is 88.2 Å². The summed E-state index contributed by atoms with van der Waals surface area (Å²) < 4.78 is 11.1. The molecule has 1 fully saturated rings. The van der Waals surface area contributed by atoms with Crippen molar-refractivity contribution in [3.05, 3.63) is 47.5 Å². The second kappa shape index (κ2) is 10.1. The van der Waals surface area contributed by atoms with Crippen LogP contribution in [0, 0.1) is 0 Å². The molecule has 9 nitrogen and oxygen atoms in total. The number of nitrogens with one attached hydrogen (secondary N) is 2. The SMILES string of the molecule is CN1CCN([C@H](CNC(=O)C(=O)Nc2ccc3c(c2)OCCO3)c2ccc3c(c2)CCN3C)CC1. The molecule has 9 heteroatoms. The fraction of sp³-hybridized carbons (Fsp3) is 0.462. The Morgan fingerprint density at radius 3 is 2.49 bits per heavy atom. The van der Waals surface area contributed by atoms with Crippen LogP contribution in [0.4, 0.5) is 11.4 Å². The molecule has 0 radical (unpaired) electrons. The number of benzene rings is 2. The summed E-state index contributed by atoms with van der Waals surface area (Å²) in [5.41, 5.74) is 4.28. The minimum absolute atomic E-state index is 0.00551. The molecular weight excluding hydrogens is 446 g/mol. The van der Waals surface area contributed by atoms with E-state index in [1.165, 1.54) is 16.8 Å². The number of carbonyl (C=O) groups excluding carboxylic acids is 2. The number of hydrogen-bond donors (Lipinski definition) is 2. The molecule has 2 amide bonds. The van der Waals surface area contributed by atoms with E-state index in [-0.39, 0.29) is 6.04 Å². The van der Waals surface area contributed by atoms with Crippen LogP contribution in [-0.2, 0) is 16.0 Å². The van der Waals surface area contributed by atoms with Crippen molar-refractivity contribution < 1.29 is 19.1 Å². The van der Waals surface area contributed by atoms with Crippen molar-refractivity contribution in [2.24, 2.45) is 0 Å². The summed E-state index contributed by atoms with van der Waals surface area (Å²) in [6.07, 6.45) is 1.03. The summed E-state index contributed by atoms with van der Waals surface area (Å²) in [6.45, 7) is 6.12. The fourth-order valence-corrected chi connectivity index (χ4v) is 4.96.